The Hall–Kier alpha value is -3.15. The molecule has 0 N–H and O–H groups in total. The largest absolute Gasteiger partial charge is 0.357 e. The highest BCUT2D eigenvalue weighted by atomic mass is 35.5. The molecule has 0 saturated carbocycles. The number of hydrogen-bond donors (Lipinski definition) is 0. The van der Waals surface area contributed by atoms with Crippen molar-refractivity contribution in [2.24, 2.45) is 0 Å². The average molecular weight is 495 g/mol. The van der Waals surface area contributed by atoms with Gasteiger partial charge in [-0.05, 0) is 43.2 Å². The lowest BCUT2D eigenvalue weighted by Crippen LogP contribution is -2.31. The molecule has 1 amide bonds. The lowest BCUT2D eigenvalue weighted by atomic mass is 10.1. The zero-order chi connectivity index (χ0) is 24.3. The van der Waals surface area contributed by atoms with E-state index >= 15 is 0 Å². The van der Waals surface area contributed by atoms with E-state index in [9.17, 15) is 4.79 Å². The van der Waals surface area contributed by atoms with Gasteiger partial charge < -0.3 is 9.80 Å². The minimum Gasteiger partial charge on any atom is -0.357 e. The lowest BCUT2D eigenvalue weighted by Gasteiger charge is -2.22. The molecule has 0 atom stereocenters. The van der Waals surface area contributed by atoms with Crippen LogP contribution in [0.1, 0.15) is 41.8 Å². The van der Waals surface area contributed by atoms with Crippen LogP contribution in [-0.2, 0) is 12.3 Å². The Labute approximate surface area is 209 Å². The van der Waals surface area contributed by atoms with Crippen LogP contribution in [-0.4, -0.2) is 45.4 Å². The van der Waals surface area contributed by atoms with Crippen LogP contribution in [0.15, 0.2) is 60.0 Å². The number of anilines is 1. The number of carbonyl (C=O) groups is 1. The summed E-state index contributed by atoms with van der Waals surface area (Å²) < 4.78 is 0. The van der Waals surface area contributed by atoms with Crippen LogP contribution in [0.5, 0.6) is 0 Å². The lowest BCUT2D eigenvalue weighted by molar-refractivity contribution is 0.0746. The monoisotopic (exact) mass is 494 g/mol. The van der Waals surface area contributed by atoms with Crippen molar-refractivity contribution in [3.8, 4) is 6.07 Å². The molecule has 1 aromatic carbocycles. The third kappa shape index (κ3) is 7.17. The molecule has 0 saturated heterocycles. The van der Waals surface area contributed by atoms with Gasteiger partial charge in [-0.2, -0.15) is 5.26 Å². The van der Waals surface area contributed by atoms with E-state index in [-0.39, 0.29) is 12.3 Å². The van der Waals surface area contributed by atoms with E-state index in [0.29, 0.717) is 34.7 Å². The minimum atomic E-state index is -0.111. The molecule has 7 nitrogen and oxygen atoms in total. The van der Waals surface area contributed by atoms with Crippen molar-refractivity contribution in [3.63, 3.8) is 0 Å². The van der Waals surface area contributed by atoms with Crippen molar-refractivity contribution in [2.45, 2.75) is 37.7 Å². The first-order valence-corrected chi connectivity index (χ1v) is 12.5. The first-order valence-electron chi connectivity index (χ1n) is 11.1. The van der Waals surface area contributed by atoms with E-state index < -0.39 is 0 Å². The highest BCUT2D eigenvalue weighted by Gasteiger charge is 2.16. The van der Waals surface area contributed by atoms with Gasteiger partial charge in [-0.1, -0.05) is 41.6 Å². The Bertz CT molecular complexity index is 1120. The molecule has 34 heavy (non-hydrogen) atoms. The van der Waals surface area contributed by atoms with Crippen LogP contribution in [0.2, 0.25) is 5.15 Å². The van der Waals surface area contributed by atoms with Crippen molar-refractivity contribution in [2.75, 3.05) is 24.5 Å². The van der Waals surface area contributed by atoms with Crippen molar-refractivity contribution in [1.29, 1.82) is 5.26 Å². The highest BCUT2D eigenvalue weighted by Crippen LogP contribution is 2.25. The Morgan fingerprint density at radius 3 is 2.53 bits per heavy atom. The Morgan fingerprint density at radius 2 is 1.88 bits per heavy atom. The van der Waals surface area contributed by atoms with Gasteiger partial charge in [0, 0.05) is 56.0 Å². The summed E-state index contributed by atoms with van der Waals surface area (Å²) in [5, 5.41) is 10.0. The van der Waals surface area contributed by atoms with Gasteiger partial charge in [0.25, 0.3) is 5.91 Å². The van der Waals surface area contributed by atoms with Gasteiger partial charge in [0.05, 0.1) is 12.5 Å². The van der Waals surface area contributed by atoms with Crippen LogP contribution in [0, 0.1) is 11.3 Å². The minimum absolute atomic E-state index is 0.111. The maximum atomic E-state index is 13.1. The maximum Gasteiger partial charge on any atom is 0.254 e. The number of thioether (sulfide) groups is 1. The number of rotatable bonds is 11. The molecule has 0 unspecified atom stereocenters. The van der Waals surface area contributed by atoms with Gasteiger partial charge in [-0.15, -0.1) is 0 Å². The summed E-state index contributed by atoms with van der Waals surface area (Å²) in [6.45, 7) is 6.61. The second-order valence-electron chi connectivity index (χ2n) is 7.49. The number of benzene rings is 1. The zero-order valence-electron chi connectivity index (χ0n) is 19.3. The van der Waals surface area contributed by atoms with Gasteiger partial charge >= 0.3 is 0 Å². The second kappa shape index (κ2) is 12.9. The van der Waals surface area contributed by atoms with E-state index in [1.807, 2.05) is 36.4 Å². The SMILES string of the molecule is CCN(CC)c1cc(Cl)nc(SCc2ccc(C(=O)N(CCC#N)Cc3cccnc3)cc2)n1. The van der Waals surface area contributed by atoms with Crippen molar-refractivity contribution >= 4 is 35.1 Å². The van der Waals surface area contributed by atoms with Crippen LogP contribution in [0.4, 0.5) is 5.82 Å². The molecule has 0 bridgehead atoms. The number of pyridine rings is 1. The number of amides is 1. The highest BCUT2D eigenvalue weighted by molar-refractivity contribution is 7.98. The van der Waals surface area contributed by atoms with Crippen LogP contribution >= 0.6 is 23.4 Å². The summed E-state index contributed by atoms with van der Waals surface area (Å²) in [7, 11) is 0. The molecule has 0 radical (unpaired) electrons. The van der Waals surface area contributed by atoms with Crippen LogP contribution in [0.3, 0.4) is 0 Å². The molecule has 3 rings (SSSR count). The fraction of sp³-hybridized carbons (Fsp3) is 0.320. The number of nitrogens with zero attached hydrogens (tertiary/aromatic N) is 6. The first kappa shape index (κ1) is 25.5. The van der Waals surface area contributed by atoms with Gasteiger partial charge in [0.1, 0.15) is 11.0 Å². The third-order valence-corrected chi connectivity index (χ3v) is 6.31. The second-order valence-corrected chi connectivity index (χ2v) is 8.82. The smallest absolute Gasteiger partial charge is 0.254 e. The standard InChI is InChI=1S/C25H27ClN6OS/c1-3-31(4-2)23-15-22(26)29-25(30-23)34-18-19-8-10-21(11-9-19)24(33)32(14-6-12-27)17-20-7-5-13-28-16-20/h5,7-11,13,15-16H,3-4,6,14,17-18H2,1-2H3. The van der Waals surface area contributed by atoms with E-state index in [1.165, 1.54) is 11.8 Å². The number of nitriles is 1. The number of hydrogen-bond acceptors (Lipinski definition) is 7. The molecule has 0 aliphatic rings. The van der Waals surface area contributed by atoms with Crippen molar-refractivity contribution in [3.05, 3.63) is 76.7 Å². The fourth-order valence-corrected chi connectivity index (χ4v) is 4.42. The van der Waals surface area contributed by atoms with Crippen molar-refractivity contribution < 1.29 is 4.79 Å². The maximum absolute atomic E-state index is 13.1. The average Bonchev–Trinajstić information content (AvgIpc) is 2.86. The first-order chi connectivity index (χ1) is 16.5. The quantitative estimate of drug-likeness (QED) is 0.205. The molecular formula is C25H27ClN6OS. The third-order valence-electron chi connectivity index (χ3n) is 5.19. The topological polar surface area (TPSA) is 86.0 Å². The molecular weight excluding hydrogens is 468 g/mol. The number of halogens is 1. The van der Waals surface area contributed by atoms with Gasteiger partial charge in [-0.3, -0.25) is 9.78 Å². The Kier molecular flexibility index (Phi) is 9.68. The molecule has 2 heterocycles. The molecule has 0 spiro atoms. The van der Waals surface area contributed by atoms with Gasteiger partial charge in [0.2, 0.25) is 0 Å². The summed E-state index contributed by atoms with van der Waals surface area (Å²) in [6.07, 6.45) is 3.70. The molecule has 176 valence electrons. The summed E-state index contributed by atoms with van der Waals surface area (Å²) in [5.74, 6) is 1.36. The normalized spacial score (nSPS) is 10.5. The summed E-state index contributed by atoms with van der Waals surface area (Å²) in [5.41, 5.74) is 2.55. The number of aromatic nitrogens is 3. The fourth-order valence-electron chi connectivity index (χ4n) is 3.38. The van der Waals surface area contributed by atoms with Gasteiger partial charge in [-0.25, -0.2) is 9.97 Å². The Morgan fingerprint density at radius 1 is 1.12 bits per heavy atom. The summed E-state index contributed by atoms with van der Waals surface area (Å²) >= 11 is 7.71. The molecule has 2 aromatic heterocycles. The molecule has 0 aliphatic carbocycles. The summed E-state index contributed by atoms with van der Waals surface area (Å²) in [6, 6.07) is 15.2. The Balaban J connectivity index is 1.67. The molecule has 0 fully saturated rings. The van der Waals surface area contributed by atoms with Crippen LogP contribution < -0.4 is 4.90 Å². The molecule has 0 aliphatic heterocycles. The molecule has 9 heteroatoms. The van der Waals surface area contributed by atoms with E-state index in [2.05, 4.69) is 39.8 Å². The van der Waals surface area contributed by atoms with E-state index in [0.717, 1.165) is 30.0 Å². The summed E-state index contributed by atoms with van der Waals surface area (Å²) in [4.78, 5) is 30.0. The van der Waals surface area contributed by atoms with Gasteiger partial charge in [0.15, 0.2) is 5.16 Å². The number of carbonyl (C=O) groups excluding carboxylic acids is 1. The predicted molar refractivity (Wildman–Crippen MR) is 136 cm³/mol. The van der Waals surface area contributed by atoms with E-state index in [1.54, 1.807) is 23.4 Å². The van der Waals surface area contributed by atoms with Crippen LogP contribution in [0.25, 0.3) is 0 Å². The van der Waals surface area contributed by atoms with E-state index in [4.69, 9.17) is 16.9 Å². The predicted octanol–water partition coefficient (Wildman–Crippen LogP) is 5.22. The molecule has 3 aromatic rings. The van der Waals surface area contributed by atoms with Crippen molar-refractivity contribution in [1.82, 2.24) is 19.9 Å². The zero-order valence-corrected chi connectivity index (χ0v) is 20.9.